The van der Waals surface area contributed by atoms with E-state index < -0.39 is 7.12 Å². The number of pyridine rings is 1. The molecule has 0 saturated heterocycles. The molecule has 0 saturated carbocycles. The molecule has 0 aliphatic carbocycles. The maximum atomic E-state index is 8.68. The fourth-order valence-corrected chi connectivity index (χ4v) is 1.07. The number of hydrogen-bond donors (Lipinski definition) is 2. The van der Waals surface area contributed by atoms with Crippen molar-refractivity contribution in [2.75, 3.05) is 0 Å². The summed E-state index contributed by atoms with van der Waals surface area (Å²) in [5.74, 6) is 0. The Morgan fingerprint density at radius 1 is 1.33 bits per heavy atom. The van der Waals surface area contributed by atoms with Gasteiger partial charge in [0.25, 0.3) is 0 Å². The third-order valence-corrected chi connectivity index (χ3v) is 1.66. The largest absolute Gasteiger partial charge is 0.491 e. The molecule has 4 nitrogen and oxygen atoms in total. The third-order valence-electron chi connectivity index (χ3n) is 1.13. The number of rotatable bonds is 1. The minimum atomic E-state index is -1.60. The summed E-state index contributed by atoms with van der Waals surface area (Å²) in [7, 11) is -1.60. The smallest absolute Gasteiger partial charge is 0.423 e. The zero-order chi connectivity index (χ0) is 8.43. The van der Waals surface area contributed by atoms with E-state index in [1.54, 1.807) is 0 Å². The van der Waals surface area contributed by atoms with Gasteiger partial charge in [0, 0.05) is 16.7 Å². The van der Waals surface area contributed by atoms with Crippen LogP contribution in [0, 0.1) is 0 Å². The lowest BCUT2D eigenvalue weighted by molar-refractivity contribution is 0.425. The molecule has 1 rings (SSSR count). The molecule has 0 unspecified atom stereocenters. The van der Waals surface area contributed by atoms with E-state index >= 15 is 0 Å². The summed E-state index contributed by atoms with van der Waals surface area (Å²) in [6.07, 6.45) is 1.22. The van der Waals surface area contributed by atoms with Crippen molar-refractivity contribution in [2.45, 2.75) is 0 Å². The zero-order valence-electron chi connectivity index (χ0n) is 5.83. The van der Waals surface area contributed by atoms with E-state index in [1.807, 2.05) is 0 Å². The predicted octanol–water partition coefficient (Wildman–Crippen LogP) is -0.756. The van der Waals surface area contributed by atoms with Crippen molar-refractivity contribution < 1.29 is 15.5 Å². The second-order valence-corrected chi connectivity index (χ2v) is 2.70. The quantitative estimate of drug-likeness (QED) is 0.471. The highest BCUT2D eigenvalue weighted by molar-refractivity contribution is 6.62. The van der Waals surface area contributed by atoms with Crippen LogP contribution in [0.2, 0.25) is 10.2 Å². The van der Waals surface area contributed by atoms with Gasteiger partial charge in [0.05, 0.1) is 0 Å². The monoisotopic (exact) mass is 209 g/mol. The van der Waals surface area contributed by atoms with Crippen LogP contribution in [0.1, 0.15) is 0 Å². The number of nitrogens with zero attached hydrogens (tertiary/aromatic N) is 1. The van der Waals surface area contributed by atoms with E-state index in [9.17, 15) is 0 Å². The maximum absolute atomic E-state index is 8.68. The van der Waals surface area contributed by atoms with E-state index in [1.165, 1.54) is 12.3 Å². The highest BCUT2D eigenvalue weighted by atomic mass is 35.5. The van der Waals surface area contributed by atoms with Crippen molar-refractivity contribution >= 4 is 35.8 Å². The molecule has 0 spiro atoms. The fourth-order valence-electron chi connectivity index (χ4n) is 0.608. The first-order valence-corrected chi connectivity index (χ1v) is 3.54. The van der Waals surface area contributed by atoms with Gasteiger partial charge in [-0.1, -0.05) is 23.2 Å². The molecule has 1 aromatic rings. The highest BCUT2D eigenvalue weighted by Crippen LogP contribution is 2.10. The van der Waals surface area contributed by atoms with Crippen LogP contribution < -0.4 is 5.46 Å². The lowest BCUT2D eigenvalue weighted by Gasteiger charge is -2.00. The van der Waals surface area contributed by atoms with Gasteiger partial charge in [0.15, 0.2) is 0 Å². The first-order chi connectivity index (χ1) is 5.11. The fraction of sp³-hybridized carbons (Fsp3) is 0. The van der Waals surface area contributed by atoms with Gasteiger partial charge in [-0.15, -0.1) is 0 Å². The Morgan fingerprint density at radius 2 is 1.92 bits per heavy atom. The molecular weight excluding hydrogens is 204 g/mol. The molecule has 0 amide bonds. The highest BCUT2D eigenvalue weighted by Gasteiger charge is 2.15. The molecule has 0 aromatic carbocycles. The molecule has 1 aromatic heterocycles. The Kier molecular flexibility index (Phi) is 4.51. The second-order valence-electron chi connectivity index (χ2n) is 1.90. The van der Waals surface area contributed by atoms with Crippen LogP contribution in [0.4, 0.5) is 0 Å². The molecule has 12 heavy (non-hydrogen) atoms. The third kappa shape index (κ3) is 2.62. The molecule has 0 atom stereocenters. The summed E-state index contributed by atoms with van der Waals surface area (Å²) >= 11 is 11.0. The summed E-state index contributed by atoms with van der Waals surface area (Å²) < 4.78 is 0. The van der Waals surface area contributed by atoms with Crippen molar-refractivity contribution in [3.63, 3.8) is 0 Å². The van der Waals surface area contributed by atoms with Crippen molar-refractivity contribution in [1.29, 1.82) is 0 Å². The molecule has 66 valence electrons. The zero-order valence-corrected chi connectivity index (χ0v) is 7.34. The Balaban J connectivity index is 0.00000121. The van der Waals surface area contributed by atoms with Crippen molar-refractivity contribution in [1.82, 2.24) is 4.98 Å². The van der Waals surface area contributed by atoms with E-state index in [4.69, 9.17) is 33.2 Å². The molecule has 0 bridgehead atoms. The number of hydrogen-bond acceptors (Lipinski definition) is 3. The molecule has 0 fully saturated rings. The summed E-state index contributed by atoms with van der Waals surface area (Å²) in [6.45, 7) is 0. The van der Waals surface area contributed by atoms with Gasteiger partial charge in [-0.25, -0.2) is 4.98 Å². The van der Waals surface area contributed by atoms with Crippen LogP contribution in [0.3, 0.4) is 0 Å². The van der Waals surface area contributed by atoms with E-state index in [0.29, 0.717) is 0 Å². The van der Waals surface area contributed by atoms with Gasteiger partial charge in [-0.05, 0) is 6.07 Å². The standard InChI is InChI=1S/C5H4BCl2NO2.H2O/c7-4-1-5(8)9-2-3(4)6(10)11;/h1-2,10-11H;1H2. The van der Waals surface area contributed by atoms with E-state index in [0.717, 1.165) is 0 Å². The lowest BCUT2D eigenvalue weighted by atomic mass is 9.82. The van der Waals surface area contributed by atoms with Gasteiger partial charge in [0.1, 0.15) is 5.15 Å². The molecule has 4 N–H and O–H groups in total. The normalized spacial score (nSPS) is 9.00. The van der Waals surface area contributed by atoms with Crippen molar-refractivity contribution in [2.24, 2.45) is 0 Å². The summed E-state index contributed by atoms with van der Waals surface area (Å²) in [5, 5.41) is 17.8. The van der Waals surface area contributed by atoms with Gasteiger partial charge in [-0.2, -0.15) is 0 Å². The van der Waals surface area contributed by atoms with Gasteiger partial charge in [0.2, 0.25) is 0 Å². The SMILES string of the molecule is O.OB(O)c1cnc(Cl)cc1Cl. The first kappa shape index (κ1) is 11.7. The van der Waals surface area contributed by atoms with E-state index in [-0.39, 0.29) is 21.1 Å². The van der Waals surface area contributed by atoms with Crippen LogP contribution in [-0.4, -0.2) is 27.6 Å². The average Bonchev–Trinajstić information content (AvgIpc) is 1.85. The summed E-state index contributed by atoms with van der Waals surface area (Å²) in [5.41, 5.74) is 0.149. The Bertz CT molecular complexity index is 271. The Labute approximate surface area is 79.2 Å². The molecule has 0 aliphatic heterocycles. The minimum absolute atomic E-state index is 0. The minimum Gasteiger partial charge on any atom is -0.423 e. The topological polar surface area (TPSA) is 84.9 Å². The Morgan fingerprint density at radius 3 is 2.33 bits per heavy atom. The van der Waals surface area contributed by atoms with E-state index in [2.05, 4.69) is 4.98 Å². The molecule has 0 radical (unpaired) electrons. The molecule has 1 heterocycles. The van der Waals surface area contributed by atoms with Crippen LogP contribution in [-0.2, 0) is 0 Å². The second kappa shape index (κ2) is 4.64. The van der Waals surface area contributed by atoms with Crippen LogP contribution in [0.25, 0.3) is 0 Å². The molecular formula is C5H6BCl2NO3. The average molecular weight is 210 g/mol. The summed E-state index contributed by atoms with van der Waals surface area (Å²) in [6, 6.07) is 1.35. The number of halogens is 2. The van der Waals surface area contributed by atoms with Crippen LogP contribution in [0.15, 0.2) is 12.3 Å². The predicted molar refractivity (Wildman–Crippen MR) is 47.7 cm³/mol. The number of aromatic nitrogens is 1. The van der Waals surface area contributed by atoms with Gasteiger partial charge >= 0.3 is 7.12 Å². The summed E-state index contributed by atoms with van der Waals surface area (Å²) in [4.78, 5) is 3.62. The Hall–Kier alpha value is -0.325. The molecule has 7 heteroatoms. The van der Waals surface area contributed by atoms with Gasteiger partial charge < -0.3 is 15.5 Å². The van der Waals surface area contributed by atoms with Gasteiger partial charge in [-0.3, -0.25) is 0 Å². The van der Waals surface area contributed by atoms with Crippen LogP contribution >= 0.6 is 23.2 Å². The first-order valence-electron chi connectivity index (χ1n) is 2.78. The van der Waals surface area contributed by atoms with Crippen molar-refractivity contribution in [3.05, 3.63) is 22.4 Å². The van der Waals surface area contributed by atoms with Crippen molar-refractivity contribution in [3.8, 4) is 0 Å². The maximum Gasteiger partial charge on any atom is 0.491 e. The molecule has 0 aliphatic rings. The van der Waals surface area contributed by atoms with Crippen LogP contribution in [0.5, 0.6) is 0 Å². The lowest BCUT2D eigenvalue weighted by Crippen LogP contribution is -2.31.